The van der Waals surface area contributed by atoms with Crippen molar-refractivity contribution in [3.63, 3.8) is 0 Å². The number of carbonyl (C=O) groups excluding carboxylic acids is 1. The number of hydrogen-bond acceptors (Lipinski definition) is 1. The Morgan fingerprint density at radius 1 is 1.47 bits per heavy atom. The molecule has 0 aliphatic heterocycles. The van der Waals surface area contributed by atoms with Gasteiger partial charge in [0.15, 0.2) is 0 Å². The molecule has 0 spiro atoms. The van der Waals surface area contributed by atoms with Gasteiger partial charge in [0, 0.05) is 16.9 Å². The Morgan fingerprint density at radius 3 is 2.73 bits per heavy atom. The molecule has 1 atom stereocenters. The van der Waals surface area contributed by atoms with E-state index in [1.165, 1.54) is 0 Å². The topological polar surface area (TPSA) is 29.1 Å². The van der Waals surface area contributed by atoms with Gasteiger partial charge in [0.1, 0.15) is 0 Å². The second kappa shape index (κ2) is 5.99. The summed E-state index contributed by atoms with van der Waals surface area (Å²) in [5.74, 6) is -0.0596. The first-order valence-electron chi connectivity index (χ1n) is 4.73. The summed E-state index contributed by atoms with van der Waals surface area (Å²) in [6.45, 7) is 2.31. The standard InChI is InChI=1S/C11H13Cl2NO/c1-8(12)7-14-11(15)6-9-4-2-3-5-10(9)13/h2-5,8H,6-7H2,1H3,(H,14,15). The predicted octanol–water partition coefficient (Wildman–Crippen LogP) is 2.63. The summed E-state index contributed by atoms with van der Waals surface area (Å²) < 4.78 is 0. The van der Waals surface area contributed by atoms with E-state index in [0.717, 1.165) is 5.56 Å². The number of nitrogens with one attached hydrogen (secondary N) is 1. The van der Waals surface area contributed by atoms with Crippen LogP contribution in [-0.2, 0) is 11.2 Å². The highest BCUT2D eigenvalue weighted by Gasteiger charge is 2.06. The van der Waals surface area contributed by atoms with Crippen molar-refractivity contribution >= 4 is 29.1 Å². The second-order valence-corrected chi connectivity index (χ2v) is 4.51. The van der Waals surface area contributed by atoms with E-state index >= 15 is 0 Å². The third-order valence-corrected chi connectivity index (χ3v) is 2.41. The van der Waals surface area contributed by atoms with Gasteiger partial charge in [0.25, 0.3) is 0 Å². The third kappa shape index (κ3) is 4.54. The summed E-state index contributed by atoms with van der Waals surface area (Å²) >= 11 is 11.6. The zero-order chi connectivity index (χ0) is 11.3. The maximum absolute atomic E-state index is 11.4. The van der Waals surface area contributed by atoms with Crippen LogP contribution in [0.3, 0.4) is 0 Å². The molecule has 1 aromatic rings. The lowest BCUT2D eigenvalue weighted by Crippen LogP contribution is -2.29. The van der Waals surface area contributed by atoms with E-state index in [1.54, 1.807) is 6.07 Å². The van der Waals surface area contributed by atoms with Crippen LogP contribution >= 0.6 is 23.2 Å². The molecule has 4 heteroatoms. The van der Waals surface area contributed by atoms with Crippen LogP contribution in [0.25, 0.3) is 0 Å². The van der Waals surface area contributed by atoms with Crippen LogP contribution in [0.5, 0.6) is 0 Å². The number of hydrogen-bond donors (Lipinski definition) is 1. The number of halogens is 2. The first kappa shape index (κ1) is 12.3. The highest BCUT2D eigenvalue weighted by molar-refractivity contribution is 6.31. The van der Waals surface area contributed by atoms with Gasteiger partial charge in [0.2, 0.25) is 5.91 Å². The number of benzene rings is 1. The quantitative estimate of drug-likeness (QED) is 0.813. The minimum absolute atomic E-state index is 0.0554. The average Bonchev–Trinajstić information content (AvgIpc) is 2.18. The Morgan fingerprint density at radius 2 is 2.13 bits per heavy atom. The molecule has 1 rings (SSSR count). The van der Waals surface area contributed by atoms with Gasteiger partial charge in [-0.15, -0.1) is 11.6 Å². The first-order valence-corrected chi connectivity index (χ1v) is 5.55. The van der Waals surface area contributed by atoms with E-state index in [9.17, 15) is 4.79 Å². The molecule has 15 heavy (non-hydrogen) atoms. The fourth-order valence-electron chi connectivity index (χ4n) is 1.13. The lowest BCUT2D eigenvalue weighted by Gasteiger charge is -2.07. The second-order valence-electron chi connectivity index (χ2n) is 3.35. The highest BCUT2D eigenvalue weighted by Crippen LogP contribution is 2.15. The molecule has 1 unspecified atom stereocenters. The Hall–Kier alpha value is -0.730. The number of amides is 1. The molecule has 0 saturated heterocycles. The molecule has 0 fully saturated rings. The Kier molecular flexibility index (Phi) is 4.92. The van der Waals surface area contributed by atoms with Crippen molar-refractivity contribution in [1.82, 2.24) is 5.32 Å². The number of rotatable bonds is 4. The monoisotopic (exact) mass is 245 g/mol. The van der Waals surface area contributed by atoms with Crippen LogP contribution in [-0.4, -0.2) is 17.8 Å². The van der Waals surface area contributed by atoms with Crippen LogP contribution < -0.4 is 5.32 Å². The molecule has 1 aromatic carbocycles. The minimum Gasteiger partial charge on any atom is -0.354 e. The highest BCUT2D eigenvalue weighted by atomic mass is 35.5. The zero-order valence-electron chi connectivity index (χ0n) is 8.47. The molecule has 0 aliphatic rings. The Bertz CT molecular complexity index is 339. The summed E-state index contributed by atoms with van der Waals surface area (Å²) in [6.07, 6.45) is 0.295. The van der Waals surface area contributed by atoms with Crippen LogP contribution in [0.4, 0.5) is 0 Å². The van der Waals surface area contributed by atoms with Gasteiger partial charge in [-0.2, -0.15) is 0 Å². The summed E-state index contributed by atoms with van der Waals surface area (Å²) in [5.41, 5.74) is 0.832. The maximum atomic E-state index is 11.4. The van der Waals surface area contributed by atoms with Crippen molar-refractivity contribution < 1.29 is 4.79 Å². The fourth-order valence-corrected chi connectivity index (χ4v) is 1.41. The van der Waals surface area contributed by atoms with Crippen LogP contribution in [0.1, 0.15) is 12.5 Å². The van der Waals surface area contributed by atoms with E-state index in [1.807, 2.05) is 25.1 Å². The van der Waals surface area contributed by atoms with Crippen molar-refractivity contribution in [2.45, 2.75) is 18.7 Å². The molecule has 0 aliphatic carbocycles. The lowest BCUT2D eigenvalue weighted by molar-refractivity contribution is -0.120. The van der Waals surface area contributed by atoms with Crippen molar-refractivity contribution in [1.29, 1.82) is 0 Å². The lowest BCUT2D eigenvalue weighted by atomic mass is 10.1. The molecule has 0 saturated carbocycles. The molecule has 2 nitrogen and oxygen atoms in total. The average molecular weight is 246 g/mol. The van der Waals surface area contributed by atoms with E-state index in [2.05, 4.69) is 5.32 Å². The Labute approximate surface area is 99.6 Å². The normalized spacial score (nSPS) is 12.2. The molecule has 0 bridgehead atoms. The summed E-state index contributed by atoms with van der Waals surface area (Å²) in [4.78, 5) is 11.4. The molecule has 1 N–H and O–H groups in total. The SMILES string of the molecule is CC(Cl)CNC(=O)Cc1ccccc1Cl. The van der Waals surface area contributed by atoms with Gasteiger partial charge in [-0.25, -0.2) is 0 Å². The zero-order valence-corrected chi connectivity index (χ0v) is 9.98. The van der Waals surface area contributed by atoms with Crippen molar-refractivity contribution in [3.8, 4) is 0 Å². The predicted molar refractivity (Wildman–Crippen MR) is 63.5 cm³/mol. The van der Waals surface area contributed by atoms with E-state index < -0.39 is 0 Å². The molecule has 82 valence electrons. The summed E-state index contributed by atoms with van der Waals surface area (Å²) in [6, 6.07) is 7.31. The van der Waals surface area contributed by atoms with Crippen LogP contribution in [0.15, 0.2) is 24.3 Å². The van der Waals surface area contributed by atoms with E-state index in [0.29, 0.717) is 18.0 Å². The van der Waals surface area contributed by atoms with E-state index in [4.69, 9.17) is 23.2 Å². The summed E-state index contributed by atoms with van der Waals surface area (Å²) in [5, 5.41) is 3.29. The third-order valence-electron chi connectivity index (χ3n) is 1.89. The Balaban J connectivity index is 2.48. The minimum atomic E-state index is -0.0596. The van der Waals surface area contributed by atoms with Gasteiger partial charge in [-0.3, -0.25) is 4.79 Å². The van der Waals surface area contributed by atoms with Crippen molar-refractivity contribution in [2.75, 3.05) is 6.54 Å². The van der Waals surface area contributed by atoms with Crippen molar-refractivity contribution in [2.24, 2.45) is 0 Å². The van der Waals surface area contributed by atoms with Gasteiger partial charge in [-0.05, 0) is 18.6 Å². The molecular formula is C11H13Cl2NO. The first-order chi connectivity index (χ1) is 7.09. The van der Waals surface area contributed by atoms with Crippen LogP contribution in [0.2, 0.25) is 5.02 Å². The number of carbonyl (C=O) groups is 1. The maximum Gasteiger partial charge on any atom is 0.224 e. The van der Waals surface area contributed by atoms with Gasteiger partial charge < -0.3 is 5.32 Å². The van der Waals surface area contributed by atoms with Gasteiger partial charge >= 0.3 is 0 Å². The smallest absolute Gasteiger partial charge is 0.224 e. The van der Waals surface area contributed by atoms with Crippen LogP contribution in [0, 0.1) is 0 Å². The fraction of sp³-hybridized carbons (Fsp3) is 0.364. The molecule has 1 amide bonds. The van der Waals surface area contributed by atoms with Gasteiger partial charge in [-0.1, -0.05) is 29.8 Å². The largest absolute Gasteiger partial charge is 0.354 e. The molecule has 0 radical (unpaired) electrons. The van der Waals surface area contributed by atoms with Gasteiger partial charge in [0.05, 0.1) is 6.42 Å². The molecular weight excluding hydrogens is 233 g/mol. The number of alkyl halides is 1. The molecule has 0 aromatic heterocycles. The molecule has 0 heterocycles. The van der Waals surface area contributed by atoms with Crippen molar-refractivity contribution in [3.05, 3.63) is 34.9 Å². The van der Waals surface area contributed by atoms with E-state index in [-0.39, 0.29) is 11.3 Å². The summed E-state index contributed by atoms with van der Waals surface area (Å²) in [7, 11) is 0.